The zero-order valence-corrected chi connectivity index (χ0v) is 10.1. The molecule has 0 radical (unpaired) electrons. The van der Waals surface area contributed by atoms with Gasteiger partial charge in [0.1, 0.15) is 0 Å². The molecule has 0 amide bonds. The highest BCUT2D eigenvalue weighted by Gasteiger charge is 2.03. The summed E-state index contributed by atoms with van der Waals surface area (Å²) in [5.74, 6) is 0. The number of imidazole rings is 1. The van der Waals surface area contributed by atoms with Gasteiger partial charge in [0, 0.05) is 25.0 Å². The molecular weight excluding hydrogens is 258 g/mol. The van der Waals surface area contributed by atoms with Gasteiger partial charge in [0.05, 0.1) is 30.5 Å². The minimum absolute atomic E-state index is 0.714. The number of aromatic nitrogens is 5. The van der Waals surface area contributed by atoms with Gasteiger partial charge in [-0.25, -0.2) is 9.67 Å². The number of halogens is 1. The Labute approximate surface area is 96.2 Å². The molecule has 0 saturated carbocycles. The van der Waals surface area contributed by atoms with Crippen molar-refractivity contribution in [2.24, 2.45) is 7.05 Å². The van der Waals surface area contributed by atoms with E-state index in [9.17, 15) is 0 Å². The Bertz CT molecular complexity index is 433. The zero-order valence-electron chi connectivity index (χ0n) is 8.47. The van der Waals surface area contributed by atoms with Gasteiger partial charge in [-0.1, -0.05) is 21.1 Å². The molecule has 0 saturated heterocycles. The van der Waals surface area contributed by atoms with Crippen molar-refractivity contribution in [1.29, 1.82) is 0 Å². The molecule has 0 aliphatic heterocycles. The van der Waals surface area contributed by atoms with Gasteiger partial charge in [-0.05, 0) is 0 Å². The topological polar surface area (TPSA) is 48.5 Å². The molecule has 6 heteroatoms. The molecule has 0 spiro atoms. The van der Waals surface area contributed by atoms with E-state index in [2.05, 4.69) is 31.2 Å². The predicted octanol–water partition coefficient (Wildman–Crippen LogP) is 0.997. The highest BCUT2D eigenvalue weighted by atomic mass is 79.9. The van der Waals surface area contributed by atoms with Crippen molar-refractivity contribution < 1.29 is 0 Å². The Balaban J connectivity index is 2.08. The van der Waals surface area contributed by atoms with E-state index in [0.717, 1.165) is 23.1 Å². The molecular formula is C9H12BrN5. The first-order chi connectivity index (χ1) is 7.29. The Morgan fingerprint density at radius 2 is 2.33 bits per heavy atom. The van der Waals surface area contributed by atoms with E-state index in [-0.39, 0.29) is 0 Å². The third-order valence-corrected chi connectivity index (χ3v) is 2.57. The number of hydrogen-bond acceptors (Lipinski definition) is 3. The Morgan fingerprint density at radius 1 is 1.47 bits per heavy atom. The van der Waals surface area contributed by atoms with Crippen molar-refractivity contribution in [1.82, 2.24) is 24.5 Å². The molecule has 80 valence electrons. The fourth-order valence-corrected chi connectivity index (χ4v) is 1.74. The summed E-state index contributed by atoms with van der Waals surface area (Å²) in [7, 11) is 1.97. The first-order valence-corrected chi connectivity index (χ1v) is 5.82. The van der Waals surface area contributed by atoms with Crippen LogP contribution < -0.4 is 0 Å². The molecule has 2 aromatic heterocycles. The molecule has 15 heavy (non-hydrogen) atoms. The lowest BCUT2D eigenvalue weighted by Gasteiger charge is -2.00. The van der Waals surface area contributed by atoms with Gasteiger partial charge < -0.3 is 4.57 Å². The van der Waals surface area contributed by atoms with E-state index < -0.39 is 0 Å². The predicted molar refractivity (Wildman–Crippen MR) is 59.8 cm³/mol. The molecule has 0 unspecified atom stereocenters. The summed E-state index contributed by atoms with van der Waals surface area (Å²) >= 11 is 3.38. The van der Waals surface area contributed by atoms with E-state index >= 15 is 0 Å². The SMILES string of the molecule is Cn1cncc1Cn1cc(CCBr)nn1. The van der Waals surface area contributed by atoms with Crippen molar-refractivity contribution in [2.75, 3.05) is 5.33 Å². The fraction of sp³-hybridized carbons (Fsp3) is 0.444. The van der Waals surface area contributed by atoms with Crippen LogP contribution in [0.1, 0.15) is 11.4 Å². The lowest BCUT2D eigenvalue weighted by Crippen LogP contribution is -2.04. The molecule has 2 aromatic rings. The highest BCUT2D eigenvalue weighted by molar-refractivity contribution is 9.09. The van der Waals surface area contributed by atoms with E-state index in [0.29, 0.717) is 6.54 Å². The van der Waals surface area contributed by atoms with Crippen LogP contribution in [0.3, 0.4) is 0 Å². The summed E-state index contributed by atoms with van der Waals surface area (Å²) in [6, 6.07) is 0. The second kappa shape index (κ2) is 4.57. The standard InChI is InChI=1S/C9H12BrN5/c1-14-7-11-4-9(14)6-15-5-8(2-3-10)12-13-15/h4-5,7H,2-3,6H2,1H3. The van der Waals surface area contributed by atoms with Crippen LogP contribution in [-0.2, 0) is 20.0 Å². The molecule has 0 bridgehead atoms. The molecule has 2 rings (SSSR count). The fourth-order valence-electron chi connectivity index (χ4n) is 1.33. The second-order valence-electron chi connectivity index (χ2n) is 3.34. The summed E-state index contributed by atoms with van der Waals surface area (Å²) in [5.41, 5.74) is 2.12. The van der Waals surface area contributed by atoms with E-state index in [1.54, 1.807) is 6.33 Å². The van der Waals surface area contributed by atoms with Crippen LogP contribution in [0.4, 0.5) is 0 Å². The van der Waals surface area contributed by atoms with Crippen molar-refractivity contribution >= 4 is 15.9 Å². The number of alkyl halides is 1. The molecule has 2 heterocycles. The normalized spacial score (nSPS) is 10.8. The average molecular weight is 270 g/mol. The second-order valence-corrected chi connectivity index (χ2v) is 4.14. The first-order valence-electron chi connectivity index (χ1n) is 4.70. The van der Waals surface area contributed by atoms with Gasteiger partial charge in [-0.15, -0.1) is 5.10 Å². The van der Waals surface area contributed by atoms with Crippen LogP contribution in [-0.4, -0.2) is 29.9 Å². The van der Waals surface area contributed by atoms with Gasteiger partial charge in [0.15, 0.2) is 0 Å². The summed E-state index contributed by atoms with van der Waals surface area (Å²) < 4.78 is 3.81. The Kier molecular flexibility index (Phi) is 3.15. The maximum atomic E-state index is 4.07. The maximum absolute atomic E-state index is 4.07. The van der Waals surface area contributed by atoms with Crippen LogP contribution in [0.15, 0.2) is 18.7 Å². The summed E-state index contributed by atoms with van der Waals surface area (Å²) in [6.07, 6.45) is 6.50. The lowest BCUT2D eigenvalue weighted by molar-refractivity contribution is 0.620. The van der Waals surface area contributed by atoms with E-state index in [1.807, 2.05) is 28.7 Å². The minimum Gasteiger partial charge on any atom is -0.336 e. The molecule has 5 nitrogen and oxygen atoms in total. The van der Waals surface area contributed by atoms with Crippen LogP contribution >= 0.6 is 15.9 Å². The van der Waals surface area contributed by atoms with Crippen molar-refractivity contribution in [3.05, 3.63) is 30.1 Å². The Hall–Kier alpha value is -1.17. The number of nitrogens with zero attached hydrogens (tertiary/aromatic N) is 5. The molecule has 0 atom stereocenters. The van der Waals surface area contributed by atoms with Crippen molar-refractivity contribution in [3.63, 3.8) is 0 Å². The van der Waals surface area contributed by atoms with Crippen molar-refractivity contribution in [2.45, 2.75) is 13.0 Å². The first kappa shape index (κ1) is 10.4. The maximum Gasteiger partial charge on any atom is 0.0946 e. The van der Waals surface area contributed by atoms with Crippen LogP contribution in [0, 0.1) is 0 Å². The minimum atomic E-state index is 0.714. The molecule has 0 aliphatic rings. The smallest absolute Gasteiger partial charge is 0.0946 e. The van der Waals surface area contributed by atoms with Gasteiger partial charge in [-0.2, -0.15) is 0 Å². The quantitative estimate of drug-likeness (QED) is 0.779. The largest absolute Gasteiger partial charge is 0.336 e. The number of hydrogen-bond donors (Lipinski definition) is 0. The van der Waals surface area contributed by atoms with Gasteiger partial charge >= 0.3 is 0 Å². The van der Waals surface area contributed by atoms with Gasteiger partial charge in [0.25, 0.3) is 0 Å². The third kappa shape index (κ3) is 2.44. The van der Waals surface area contributed by atoms with Crippen LogP contribution in [0.25, 0.3) is 0 Å². The zero-order chi connectivity index (χ0) is 10.7. The van der Waals surface area contributed by atoms with Crippen LogP contribution in [0.5, 0.6) is 0 Å². The van der Waals surface area contributed by atoms with Crippen molar-refractivity contribution in [3.8, 4) is 0 Å². The molecule has 0 N–H and O–H groups in total. The van der Waals surface area contributed by atoms with Gasteiger partial charge in [0.2, 0.25) is 0 Å². The van der Waals surface area contributed by atoms with Gasteiger partial charge in [-0.3, -0.25) is 0 Å². The molecule has 0 aliphatic carbocycles. The number of rotatable bonds is 4. The number of aryl methyl sites for hydroxylation is 2. The molecule has 0 fully saturated rings. The average Bonchev–Trinajstić information content (AvgIpc) is 2.79. The third-order valence-electron chi connectivity index (χ3n) is 2.18. The lowest BCUT2D eigenvalue weighted by atomic mass is 10.4. The van der Waals surface area contributed by atoms with E-state index in [1.165, 1.54) is 0 Å². The molecule has 0 aromatic carbocycles. The summed E-state index contributed by atoms with van der Waals surface area (Å²) in [6.45, 7) is 0.714. The summed E-state index contributed by atoms with van der Waals surface area (Å²) in [4.78, 5) is 4.05. The van der Waals surface area contributed by atoms with E-state index in [4.69, 9.17) is 0 Å². The van der Waals surface area contributed by atoms with Crippen LogP contribution in [0.2, 0.25) is 0 Å². The summed E-state index contributed by atoms with van der Waals surface area (Å²) in [5, 5.41) is 9.04. The monoisotopic (exact) mass is 269 g/mol. The highest BCUT2D eigenvalue weighted by Crippen LogP contribution is 2.02. The Morgan fingerprint density at radius 3 is 3.00 bits per heavy atom.